The van der Waals surface area contributed by atoms with Gasteiger partial charge in [-0.05, 0) is 66.4 Å². The number of nitrogens with zero attached hydrogens (tertiary/aromatic N) is 1. The van der Waals surface area contributed by atoms with Crippen molar-refractivity contribution in [3.05, 3.63) is 91.0 Å². The molecule has 3 N–H and O–H groups in total. The molecule has 1 aromatic heterocycles. The summed E-state index contributed by atoms with van der Waals surface area (Å²) in [7, 11) is 3.31. The number of carbonyl (C=O) groups excluding carboxylic acids is 1. The molecule has 0 aliphatic rings. The molecular formula is C31H30N4O3S. The maximum Gasteiger partial charge on any atom is 0.319 e. The molecule has 39 heavy (non-hydrogen) atoms. The SMILES string of the molecule is COc1ccc(-c2nc(SCCCNC(=O)Nc3cccc4ccccc34)[nH]c2-c2ccc(OC)cc2)cc1. The number of carbonyl (C=O) groups is 1. The molecule has 0 saturated carbocycles. The number of aromatic amines is 1. The predicted molar refractivity (Wildman–Crippen MR) is 159 cm³/mol. The van der Waals surface area contributed by atoms with E-state index in [4.69, 9.17) is 14.5 Å². The van der Waals surface area contributed by atoms with Crippen LogP contribution < -0.4 is 20.1 Å². The number of rotatable bonds is 10. The zero-order chi connectivity index (χ0) is 27.0. The predicted octanol–water partition coefficient (Wildman–Crippen LogP) is 7.22. The highest BCUT2D eigenvalue weighted by Gasteiger charge is 2.15. The molecule has 5 rings (SSSR count). The summed E-state index contributed by atoms with van der Waals surface area (Å²) in [6.45, 7) is 0.557. The maximum atomic E-state index is 12.5. The van der Waals surface area contributed by atoms with Crippen molar-refractivity contribution in [1.29, 1.82) is 0 Å². The molecule has 0 saturated heterocycles. The van der Waals surface area contributed by atoms with Gasteiger partial charge in [0.2, 0.25) is 0 Å². The molecule has 5 aromatic rings. The van der Waals surface area contributed by atoms with E-state index >= 15 is 0 Å². The van der Waals surface area contributed by atoms with E-state index in [0.29, 0.717) is 6.54 Å². The van der Waals surface area contributed by atoms with Gasteiger partial charge in [0.05, 0.1) is 31.3 Å². The minimum Gasteiger partial charge on any atom is -0.497 e. The third-order valence-corrected chi connectivity index (χ3v) is 7.27. The second-order valence-electron chi connectivity index (χ2n) is 8.83. The van der Waals surface area contributed by atoms with E-state index in [1.165, 1.54) is 0 Å². The highest BCUT2D eigenvalue weighted by molar-refractivity contribution is 7.99. The van der Waals surface area contributed by atoms with Crippen LogP contribution in [0.3, 0.4) is 0 Å². The van der Waals surface area contributed by atoms with Crippen molar-refractivity contribution in [2.45, 2.75) is 11.6 Å². The van der Waals surface area contributed by atoms with E-state index in [9.17, 15) is 4.79 Å². The van der Waals surface area contributed by atoms with Gasteiger partial charge < -0.3 is 25.1 Å². The summed E-state index contributed by atoms with van der Waals surface area (Å²) >= 11 is 1.63. The van der Waals surface area contributed by atoms with Gasteiger partial charge >= 0.3 is 6.03 Å². The van der Waals surface area contributed by atoms with Crippen LogP contribution in [0.5, 0.6) is 11.5 Å². The molecule has 0 spiro atoms. The van der Waals surface area contributed by atoms with Crippen LogP contribution in [0.2, 0.25) is 0 Å². The lowest BCUT2D eigenvalue weighted by atomic mass is 10.0. The number of urea groups is 1. The summed E-state index contributed by atoms with van der Waals surface area (Å²) in [4.78, 5) is 20.9. The van der Waals surface area contributed by atoms with Crippen LogP contribution in [-0.2, 0) is 0 Å². The molecule has 8 heteroatoms. The summed E-state index contributed by atoms with van der Waals surface area (Å²) in [5, 5.41) is 8.85. The number of benzene rings is 4. The van der Waals surface area contributed by atoms with E-state index in [-0.39, 0.29) is 6.03 Å². The molecular weight excluding hydrogens is 508 g/mol. The Labute approximate surface area is 232 Å². The van der Waals surface area contributed by atoms with Gasteiger partial charge in [0.15, 0.2) is 5.16 Å². The van der Waals surface area contributed by atoms with Crippen molar-refractivity contribution in [2.75, 3.05) is 31.8 Å². The van der Waals surface area contributed by atoms with Crippen LogP contribution in [-0.4, -0.2) is 42.5 Å². The Morgan fingerprint density at radius 3 is 2.23 bits per heavy atom. The van der Waals surface area contributed by atoms with Crippen molar-refractivity contribution in [1.82, 2.24) is 15.3 Å². The van der Waals surface area contributed by atoms with Crippen molar-refractivity contribution >= 4 is 34.3 Å². The first-order chi connectivity index (χ1) is 19.1. The normalized spacial score (nSPS) is 10.8. The number of thioether (sulfide) groups is 1. The summed E-state index contributed by atoms with van der Waals surface area (Å²) in [5.41, 5.74) is 4.63. The number of anilines is 1. The van der Waals surface area contributed by atoms with Crippen LogP contribution >= 0.6 is 11.8 Å². The summed E-state index contributed by atoms with van der Waals surface area (Å²) in [5.74, 6) is 2.40. The van der Waals surface area contributed by atoms with E-state index in [1.54, 1.807) is 26.0 Å². The zero-order valence-electron chi connectivity index (χ0n) is 21.9. The quantitative estimate of drug-likeness (QED) is 0.129. The molecule has 0 aliphatic heterocycles. The van der Waals surface area contributed by atoms with Crippen LogP contribution in [0.15, 0.2) is 96.2 Å². The van der Waals surface area contributed by atoms with Gasteiger partial charge in [-0.15, -0.1) is 0 Å². The first-order valence-corrected chi connectivity index (χ1v) is 13.7. The Balaban J connectivity index is 1.20. The standard InChI is InChI=1S/C31H30N4O3S/c1-37-24-15-11-22(12-16-24)28-29(23-13-17-25(38-2)18-14-23)35-31(34-28)39-20-6-19-32-30(36)33-27-10-5-8-21-7-3-4-9-26(21)27/h3-5,7-18H,6,19-20H2,1-2H3,(H,34,35)(H2,32,33,36). The van der Waals surface area contributed by atoms with Gasteiger partial charge in [-0.25, -0.2) is 9.78 Å². The molecule has 198 valence electrons. The van der Waals surface area contributed by atoms with Gasteiger partial charge in [0.25, 0.3) is 0 Å². The van der Waals surface area contributed by atoms with E-state index in [0.717, 1.165) is 67.8 Å². The second-order valence-corrected chi connectivity index (χ2v) is 9.92. The van der Waals surface area contributed by atoms with E-state index < -0.39 is 0 Å². The average Bonchev–Trinajstić information content (AvgIpc) is 3.41. The zero-order valence-corrected chi connectivity index (χ0v) is 22.7. The number of amides is 2. The molecule has 2 amide bonds. The molecule has 4 aromatic carbocycles. The third kappa shape index (κ3) is 6.35. The first kappa shape index (κ1) is 26.2. The third-order valence-electron chi connectivity index (χ3n) is 6.31. The van der Waals surface area contributed by atoms with Crippen molar-refractivity contribution < 1.29 is 14.3 Å². The number of methoxy groups -OCH3 is 2. The number of nitrogens with one attached hydrogen (secondary N) is 3. The molecule has 0 fully saturated rings. The summed E-state index contributed by atoms with van der Waals surface area (Å²) in [6.07, 6.45) is 0.796. The molecule has 0 radical (unpaired) electrons. The lowest BCUT2D eigenvalue weighted by Crippen LogP contribution is -2.29. The number of fused-ring (bicyclic) bond motifs is 1. The molecule has 1 heterocycles. The molecule has 7 nitrogen and oxygen atoms in total. The van der Waals surface area contributed by atoms with Crippen LogP contribution in [0.1, 0.15) is 6.42 Å². The van der Waals surface area contributed by atoms with Gasteiger partial charge in [-0.1, -0.05) is 48.2 Å². The van der Waals surface area contributed by atoms with Gasteiger partial charge in [0, 0.05) is 28.8 Å². The fraction of sp³-hybridized carbons (Fsp3) is 0.161. The Bertz CT molecular complexity index is 1480. The number of hydrogen-bond acceptors (Lipinski definition) is 5. The lowest BCUT2D eigenvalue weighted by Gasteiger charge is -2.10. The Morgan fingerprint density at radius 1 is 0.846 bits per heavy atom. The number of aromatic nitrogens is 2. The monoisotopic (exact) mass is 538 g/mol. The number of imidazole rings is 1. The number of ether oxygens (including phenoxy) is 2. The van der Waals surface area contributed by atoms with Crippen LogP contribution in [0.4, 0.5) is 10.5 Å². The maximum absolute atomic E-state index is 12.5. The number of H-pyrrole nitrogens is 1. The fourth-order valence-electron chi connectivity index (χ4n) is 4.29. The largest absolute Gasteiger partial charge is 0.497 e. The lowest BCUT2D eigenvalue weighted by molar-refractivity contribution is 0.252. The minimum absolute atomic E-state index is 0.210. The van der Waals surface area contributed by atoms with Gasteiger partial charge in [0.1, 0.15) is 11.5 Å². The molecule has 0 bridgehead atoms. The fourth-order valence-corrected chi connectivity index (χ4v) is 5.10. The smallest absolute Gasteiger partial charge is 0.319 e. The van der Waals surface area contributed by atoms with Crippen LogP contribution in [0.25, 0.3) is 33.3 Å². The summed E-state index contributed by atoms with van der Waals surface area (Å²) < 4.78 is 10.6. The highest BCUT2D eigenvalue weighted by atomic mass is 32.2. The Kier molecular flexibility index (Phi) is 8.33. The second kappa shape index (κ2) is 12.4. The molecule has 0 unspecified atom stereocenters. The summed E-state index contributed by atoms with van der Waals surface area (Å²) in [6, 6.07) is 29.5. The van der Waals surface area contributed by atoms with Crippen LogP contribution in [0, 0.1) is 0 Å². The van der Waals surface area contributed by atoms with Gasteiger partial charge in [-0.3, -0.25) is 0 Å². The van der Waals surface area contributed by atoms with Gasteiger partial charge in [-0.2, -0.15) is 0 Å². The topological polar surface area (TPSA) is 88.3 Å². The highest BCUT2D eigenvalue weighted by Crippen LogP contribution is 2.34. The molecule has 0 atom stereocenters. The average molecular weight is 539 g/mol. The first-order valence-electron chi connectivity index (χ1n) is 12.7. The minimum atomic E-state index is -0.210. The Morgan fingerprint density at radius 2 is 1.51 bits per heavy atom. The molecule has 0 aliphatic carbocycles. The van der Waals surface area contributed by atoms with Crippen molar-refractivity contribution in [3.63, 3.8) is 0 Å². The number of hydrogen-bond donors (Lipinski definition) is 3. The van der Waals surface area contributed by atoms with E-state index in [2.05, 4.69) is 15.6 Å². The Hall–Kier alpha value is -4.43. The van der Waals surface area contributed by atoms with Crippen molar-refractivity contribution in [3.8, 4) is 34.0 Å². The van der Waals surface area contributed by atoms with Crippen molar-refractivity contribution in [2.24, 2.45) is 0 Å². The van der Waals surface area contributed by atoms with E-state index in [1.807, 2.05) is 91.0 Å².